The molecule has 1 aliphatic rings. The molecule has 1 aliphatic carbocycles. The molecule has 0 atom stereocenters. The molecule has 6 rings (SSSR count). The Balaban J connectivity index is 1.39. The SMILES string of the molecule is Cc1ccc2nc(-c3ccc(N=Cc4c(O)c(C(C)(C)C)cc5oc6c(c45)CCCC6)cc3)sc2c1. The van der Waals surface area contributed by atoms with Gasteiger partial charge in [-0.2, -0.15) is 0 Å². The molecule has 0 bridgehead atoms. The number of aliphatic imine (C=N–C) groups is 1. The first-order valence-electron chi connectivity index (χ1n) is 12.6. The molecule has 5 heteroatoms. The summed E-state index contributed by atoms with van der Waals surface area (Å²) in [4.78, 5) is 9.58. The third kappa shape index (κ3) is 4.01. The predicted molar refractivity (Wildman–Crippen MR) is 150 cm³/mol. The molecule has 182 valence electrons. The summed E-state index contributed by atoms with van der Waals surface area (Å²) in [5.74, 6) is 1.36. The quantitative estimate of drug-likeness (QED) is 0.255. The smallest absolute Gasteiger partial charge is 0.135 e. The van der Waals surface area contributed by atoms with Crippen molar-refractivity contribution in [2.24, 2.45) is 4.99 Å². The van der Waals surface area contributed by atoms with Crippen molar-refractivity contribution >= 4 is 44.4 Å². The van der Waals surface area contributed by atoms with Gasteiger partial charge in [0, 0.05) is 40.3 Å². The second-order valence-corrected chi connectivity index (χ2v) is 11.8. The van der Waals surface area contributed by atoms with Crippen molar-refractivity contribution in [2.45, 2.75) is 58.8 Å². The summed E-state index contributed by atoms with van der Waals surface area (Å²) < 4.78 is 7.50. The Bertz CT molecular complexity index is 1630. The molecular formula is C31H30N2O2S. The number of benzene rings is 3. The highest BCUT2D eigenvalue weighted by molar-refractivity contribution is 7.21. The van der Waals surface area contributed by atoms with Crippen molar-refractivity contribution in [1.82, 2.24) is 4.98 Å². The minimum Gasteiger partial charge on any atom is -0.507 e. The van der Waals surface area contributed by atoms with Crippen LogP contribution in [0.25, 0.3) is 31.8 Å². The van der Waals surface area contributed by atoms with Gasteiger partial charge in [-0.3, -0.25) is 4.99 Å². The number of thiazole rings is 1. The van der Waals surface area contributed by atoms with Gasteiger partial charge in [-0.25, -0.2) is 4.98 Å². The van der Waals surface area contributed by atoms with Crippen molar-refractivity contribution in [3.8, 4) is 16.3 Å². The van der Waals surface area contributed by atoms with Crippen LogP contribution in [0.3, 0.4) is 0 Å². The molecule has 2 heterocycles. The van der Waals surface area contributed by atoms with E-state index in [4.69, 9.17) is 14.4 Å². The highest BCUT2D eigenvalue weighted by Gasteiger charge is 2.27. The lowest BCUT2D eigenvalue weighted by molar-refractivity contribution is 0.446. The molecular weight excluding hydrogens is 464 g/mol. The molecule has 0 radical (unpaired) electrons. The van der Waals surface area contributed by atoms with Crippen molar-refractivity contribution in [2.75, 3.05) is 0 Å². The average molecular weight is 495 g/mol. The first-order valence-corrected chi connectivity index (χ1v) is 13.4. The van der Waals surface area contributed by atoms with E-state index >= 15 is 0 Å². The maximum atomic E-state index is 11.4. The number of aromatic nitrogens is 1. The van der Waals surface area contributed by atoms with Gasteiger partial charge in [-0.15, -0.1) is 11.3 Å². The molecule has 36 heavy (non-hydrogen) atoms. The van der Waals surface area contributed by atoms with Crippen molar-refractivity contribution in [3.63, 3.8) is 0 Å². The van der Waals surface area contributed by atoms with E-state index in [1.165, 1.54) is 15.8 Å². The van der Waals surface area contributed by atoms with E-state index in [-0.39, 0.29) is 5.41 Å². The molecule has 5 aromatic rings. The Morgan fingerprint density at radius 3 is 2.58 bits per heavy atom. The van der Waals surface area contributed by atoms with Gasteiger partial charge in [-0.1, -0.05) is 26.8 Å². The lowest BCUT2D eigenvalue weighted by atomic mass is 9.83. The summed E-state index contributed by atoms with van der Waals surface area (Å²) in [7, 11) is 0. The van der Waals surface area contributed by atoms with Gasteiger partial charge in [0.15, 0.2) is 0 Å². The van der Waals surface area contributed by atoms with Crippen LogP contribution in [0, 0.1) is 6.92 Å². The fourth-order valence-corrected chi connectivity index (χ4v) is 6.20. The Morgan fingerprint density at radius 2 is 1.81 bits per heavy atom. The van der Waals surface area contributed by atoms with E-state index in [0.717, 1.165) is 75.3 Å². The fourth-order valence-electron chi connectivity index (χ4n) is 5.13. The van der Waals surface area contributed by atoms with Crippen LogP contribution in [-0.2, 0) is 18.3 Å². The highest BCUT2D eigenvalue weighted by atomic mass is 32.1. The number of fused-ring (bicyclic) bond motifs is 4. The predicted octanol–water partition coefficient (Wildman–Crippen LogP) is 8.65. The molecule has 4 nitrogen and oxygen atoms in total. The number of nitrogens with zero attached hydrogens (tertiary/aromatic N) is 2. The zero-order valence-corrected chi connectivity index (χ0v) is 22.0. The first kappa shape index (κ1) is 23.0. The number of phenolic OH excluding ortho intramolecular Hbond substituents is 1. The second-order valence-electron chi connectivity index (χ2n) is 10.8. The van der Waals surface area contributed by atoms with Crippen LogP contribution in [0.15, 0.2) is 57.9 Å². The lowest BCUT2D eigenvalue weighted by Gasteiger charge is -2.21. The molecule has 0 fully saturated rings. The minimum absolute atomic E-state index is 0.217. The molecule has 0 spiro atoms. The second kappa shape index (κ2) is 8.59. The average Bonchev–Trinajstić information content (AvgIpc) is 3.44. The third-order valence-electron chi connectivity index (χ3n) is 7.06. The molecule has 0 saturated carbocycles. The van der Waals surface area contributed by atoms with Gasteiger partial charge in [0.25, 0.3) is 0 Å². The van der Waals surface area contributed by atoms with Crippen LogP contribution < -0.4 is 0 Å². The minimum atomic E-state index is -0.217. The molecule has 0 saturated heterocycles. The first-order chi connectivity index (χ1) is 17.3. The summed E-state index contributed by atoms with van der Waals surface area (Å²) in [6.45, 7) is 8.44. The maximum Gasteiger partial charge on any atom is 0.135 e. The molecule has 1 N–H and O–H groups in total. The fraction of sp³-hybridized carbons (Fsp3) is 0.290. The normalized spacial score (nSPS) is 14.2. The number of aromatic hydroxyl groups is 1. The standard InChI is InChI=1S/C31H30N2O2S/c1-18-9-14-24-27(15-18)36-30(33-24)19-10-12-20(13-11-19)32-17-22-28-21-7-5-6-8-25(21)35-26(28)16-23(29(22)34)31(2,3)4/h9-17,34H,5-8H2,1-4H3. The highest BCUT2D eigenvalue weighted by Crippen LogP contribution is 2.42. The van der Waals surface area contributed by atoms with Crippen molar-refractivity contribution in [1.29, 1.82) is 0 Å². The maximum absolute atomic E-state index is 11.4. The van der Waals surface area contributed by atoms with Crippen LogP contribution in [0.4, 0.5) is 5.69 Å². The number of aryl methyl sites for hydroxylation is 3. The number of hydrogen-bond donors (Lipinski definition) is 1. The van der Waals surface area contributed by atoms with Crippen LogP contribution >= 0.6 is 11.3 Å². The number of phenols is 1. The van der Waals surface area contributed by atoms with E-state index in [9.17, 15) is 5.11 Å². The number of furan rings is 1. The zero-order valence-electron chi connectivity index (χ0n) is 21.2. The Kier molecular flexibility index (Phi) is 5.49. The third-order valence-corrected chi connectivity index (χ3v) is 8.13. The van der Waals surface area contributed by atoms with Crippen LogP contribution in [0.1, 0.15) is 61.6 Å². The molecule has 0 aliphatic heterocycles. The topological polar surface area (TPSA) is 58.6 Å². The summed E-state index contributed by atoms with van der Waals surface area (Å²) >= 11 is 1.71. The van der Waals surface area contributed by atoms with E-state index in [1.807, 2.05) is 24.4 Å². The van der Waals surface area contributed by atoms with E-state index < -0.39 is 0 Å². The van der Waals surface area contributed by atoms with Gasteiger partial charge < -0.3 is 9.52 Å². The van der Waals surface area contributed by atoms with Crippen molar-refractivity contribution in [3.05, 3.63) is 76.5 Å². The van der Waals surface area contributed by atoms with Gasteiger partial charge in [-0.05, 0) is 79.6 Å². The largest absolute Gasteiger partial charge is 0.507 e. The lowest BCUT2D eigenvalue weighted by Crippen LogP contribution is -2.12. The Labute approximate surface area is 215 Å². The van der Waals surface area contributed by atoms with Gasteiger partial charge in [0.2, 0.25) is 0 Å². The molecule has 0 unspecified atom stereocenters. The summed E-state index contributed by atoms with van der Waals surface area (Å²) in [6.07, 6.45) is 6.04. The van der Waals surface area contributed by atoms with Crippen LogP contribution in [0.2, 0.25) is 0 Å². The summed E-state index contributed by atoms with van der Waals surface area (Å²) in [6, 6.07) is 16.5. The number of rotatable bonds is 3. The number of hydrogen-bond acceptors (Lipinski definition) is 5. The van der Waals surface area contributed by atoms with E-state index in [2.05, 4.69) is 58.0 Å². The van der Waals surface area contributed by atoms with Crippen LogP contribution in [0.5, 0.6) is 5.75 Å². The summed E-state index contributed by atoms with van der Waals surface area (Å²) in [5, 5.41) is 13.4. The van der Waals surface area contributed by atoms with Gasteiger partial charge in [0.1, 0.15) is 22.1 Å². The molecule has 3 aromatic carbocycles. The zero-order chi connectivity index (χ0) is 25.0. The van der Waals surface area contributed by atoms with Gasteiger partial charge >= 0.3 is 0 Å². The molecule has 0 amide bonds. The van der Waals surface area contributed by atoms with Gasteiger partial charge in [0.05, 0.1) is 15.9 Å². The Morgan fingerprint density at radius 1 is 1.03 bits per heavy atom. The van der Waals surface area contributed by atoms with E-state index in [1.54, 1.807) is 11.3 Å². The Hall–Kier alpha value is -3.44. The monoisotopic (exact) mass is 494 g/mol. The molecule has 2 aromatic heterocycles. The van der Waals surface area contributed by atoms with Crippen LogP contribution in [-0.4, -0.2) is 16.3 Å². The summed E-state index contributed by atoms with van der Waals surface area (Å²) in [5.41, 5.74) is 7.70. The van der Waals surface area contributed by atoms with Crippen molar-refractivity contribution < 1.29 is 9.52 Å². The van der Waals surface area contributed by atoms with E-state index in [0.29, 0.717) is 5.75 Å².